The number of para-hydroxylation sites is 1. The average molecular weight is 410 g/mol. The zero-order chi connectivity index (χ0) is 20.1. The minimum Gasteiger partial charge on any atom is -0.343 e. The fraction of sp³-hybridized carbons (Fsp3) is 0.182. The number of Topliss-reactive ketones (excluding diaryl/α,β-unsaturated/α-hetero) is 1. The molecule has 1 atom stereocenters. The second-order valence-corrected chi connectivity index (χ2v) is 7.65. The van der Waals surface area contributed by atoms with Gasteiger partial charge in [0.2, 0.25) is 0 Å². The van der Waals surface area contributed by atoms with E-state index in [0.29, 0.717) is 41.9 Å². The molecule has 1 aliphatic heterocycles. The lowest BCUT2D eigenvalue weighted by Crippen LogP contribution is -2.30. The van der Waals surface area contributed by atoms with Crippen molar-refractivity contribution >= 4 is 23.2 Å². The molecule has 1 unspecified atom stereocenters. The van der Waals surface area contributed by atoms with Crippen LogP contribution in [0.25, 0.3) is 5.69 Å². The molecule has 0 fully saturated rings. The summed E-state index contributed by atoms with van der Waals surface area (Å²) in [5.74, 6) is -0.999. The van der Waals surface area contributed by atoms with Crippen LogP contribution in [0.3, 0.4) is 0 Å². The van der Waals surface area contributed by atoms with Gasteiger partial charge in [0.1, 0.15) is 11.6 Å². The van der Waals surface area contributed by atoms with Gasteiger partial charge in [-0.25, -0.2) is 9.07 Å². The van der Waals surface area contributed by atoms with Crippen LogP contribution in [-0.4, -0.2) is 15.6 Å². The normalized spacial score (nSPS) is 18.3. The molecule has 2 aromatic carbocycles. The Balaban J connectivity index is 1.80. The van der Waals surface area contributed by atoms with Crippen molar-refractivity contribution in [3.63, 3.8) is 0 Å². The van der Waals surface area contributed by atoms with Gasteiger partial charge in [0, 0.05) is 28.3 Å². The van der Waals surface area contributed by atoms with E-state index in [1.165, 1.54) is 16.8 Å². The van der Waals surface area contributed by atoms with Gasteiger partial charge >= 0.3 is 0 Å². The Morgan fingerprint density at radius 2 is 1.79 bits per heavy atom. The molecule has 5 nitrogen and oxygen atoms in total. The van der Waals surface area contributed by atoms with Crippen LogP contribution in [-0.2, 0) is 4.79 Å². The monoisotopic (exact) mass is 409 g/mol. The number of rotatable bonds is 2. The number of fused-ring (bicyclic) bond motifs is 1. The minimum absolute atomic E-state index is 0.0828. The summed E-state index contributed by atoms with van der Waals surface area (Å²) in [5, 5.41) is 6.50. The van der Waals surface area contributed by atoms with Crippen LogP contribution in [0.1, 0.15) is 36.3 Å². The number of allylic oxidation sites excluding steroid dienone is 2. The van der Waals surface area contributed by atoms with Crippen LogP contribution >= 0.6 is 11.6 Å². The van der Waals surface area contributed by atoms with Crippen molar-refractivity contribution in [3.05, 3.63) is 92.1 Å². The molecule has 2 N–H and O–H groups in total. The minimum atomic E-state index is -0.850. The second-order valence-electron chi connectivity index (χ2n) is 7.24. The van der Waals surface area contributed by atoms with Crippen LogP contribution < -0.4 is 10.9 Å². The van der Waals surface area contributed by atoms with E-state index in [0.717, 1.165) is 5.70 Å². The maximum atomic E-state index is 14.9. The second kappa shape index (κ2) is 6.74. The average Bonchev–Trinajstić information content (AvgIpc) is 3.04. The van der Waals surface area contributed by atoms with Crippen LogP contribution in [0.2, 0.25) is 5.02 Å². The third-order valence-corrected chi connectivity index (χ3v) is 5.87. The molecule has 0 bridgehead atoms. The number of hydrogen-bond acceptors (Lipinski definition) is 3. The summed E-state index contributed by atoms with van der Waals surface area (Å²) >= 11 is 6.37. The quantitative estimate of drug-likeness (QED) is 0.653. The summed E-state index contributed by atoms with van der Waals surface area (Å²) in [7, 11) is 0. The molecule has 146 valence electrons. The fourth-order valence-corrected chi connectivity index (χ4v) is 4.54. The highest BCUT2D eigenvalue weighted by molar-refractivity contribution is 6.31. The Labute approximate surface area is 170 Å². The van der Waals surface area contributed by atoms with Crippen LogP contribution in [0, 0.1) is 5.82 Å². The molecule has 1 aromatic heterocycles. The van der Waals surface area contributed by atoms with Gasteiger partial charge < -0.3 is 5.32 Å². The van der Waals surface area contributed by atoms with Gasteiger partial charge in [-0.3, -0.25) is 14.7 Å². The van der Waals surface area contributed by atoms with Crippen molar-refractivity contribution in [1.82, 2.24) is 9.78 Å². The van der Waals surface area contributed by atoms with E-state index in [2.05, 4.69) is 10.4 Å². The van der Waals surface area contributed by atoms with Gasteiger partial charge in [0.05, 0.1) is 17.2 Å². The molecule has 3 aromatic rings. The zero-order valence-corrected chi connectivity index (χ0v) is 16.1. The van der Waals surface area contributed by atoms with E-state index >= 15 is 0 Å². The van der Waals surface area contributed by atoms with Gasteiger partial charge in [0.25, 0.3) is 5.56 Å². The van der Waals surface area contributed by atoms with Crippen molar-refractivity contribution in [2.75, 3.05) is 5.32 Å². The third-order valence-electron chi connectivity index (χ3n) is 5.54. The van der Waals surface area contributed by atoms with E-state index in [1.807, 2.05) is 18.2 Å². The predicted molar refractivity (Wildman–Crippen MR) is 109 cm³/mol. The van der Waals surface area contributed by atoms with Crippen molar-refractivity contribution in [1.29, 1.82) is 0 Å². The first-order chi connectivity index (χ1) is 14.1. The number of halogens is 2. The molecule has 2 heterocycles. The topological polar surface area (TPSA) is 66.9 Å². The van der Waals surface area contributed by atoms with Gasteiger partial charge in [-0.15, -0.1) is 0 Å². The lowest BCUT2D eigenvalue weighted by atomic mass is 9.76. The van der Waals surface area contributed by atoms with Gasteiger partial charge in [-0.05, 0) is 37.1 Å². The molecule has 29 heavy (non-hydrogen) atoms. The number of benzene rings is 2. The number of aromatic nitrogens is 2. The Morgan fingerprint density at radius 3 is 2.55 bits per heavy atom. The van der Waals surface area contributed by atoms with Crippen molar-refractivity contribution in [2.24, 2.45) is 0 Å². The zero-order valence-electron chi connectivity index (χ0n) is 15.3. The van der Waals surface area contributed by atoms with Gasteiger partial charge in [-0.2, -0.15) is 0 Å². The van der Waals surface area contributed by atoms with Crippen molar-refractivity contribution < 1.29 is 9.18 Å². The van der Waals surface area contributed by atoms with Crippen molar-refractivity contribution in [2.45, 2.75) is 25.2 Å². The molecule has 2 aliphatic rings. The highest BCUT2D eigenvalue weighted by atomic mass is 35.5. The van der Waals surface area contributed by atoms with E-state index in [4.69, 9.17) is 11.6 Å². The van der Waals surface area contributed by atoms with E-state index in [-0.39, 0.29) is 21.9 Å². The van der Waals surface area contributed by atoms with Crippen LogP contribution in [0.5, 0.6) is 0 Å². The maximum Gasteiger partial charge on any atom is 0.277 e. The first-order valence-corrected chi connectivity index (χ1v) is 9.81. The van der Waals surface area contributed by atoms with E-state index < -0.39 is 11.7 Å². The number of H-pyrrole nitrogens is 1. The fourth-order valence-electron chi connectivity index (χ4n) is 4.27. The summed E-state index contributed by atoms with van der Waals surface area (Å²) in [6.07, 6.45) is 1.73. The number of anilines is 1. The number of ketones is 1. The number of nitrogens with one attached hydrogen (secondary N) is 2. The van der Waals surface area contributed by atoms with Crippen LogP contribution in [0.4, 0.5) is 10.2 Å². The molecule has 5 rings (SSSR count). The Morgan fingerprint density at radius 1 is 1.00 bits per heavy atom. The number of carbonyl (C=O) groups excluding carboxylic acids is 1. The first kappa shape index (κ1) is 17.9. The Kier molecular flexibility index (Phi) is 4.17. The van der Waals surface area contributed by atoms with E-state index in [9.17, 15) is 14.0 Å². The lowest BCUT2D eigenvalue weighted by molar-refractivity contribution is -0.116. The van der Waals surface area contributed by atoms with Crippen LogP contribution in [0.15, 0.2) is 64.6 Å². The smallest absolute Gasteiger partial charge is 0.277 e. The molecule has 0 spiro atoms. The summed E-state index contributed by atoms with van der Waals surface area (Å²) in [6, 6.07) is 13.5. The summed E-state index contributed by atoms with van der Waals surface area (Å²) in [6.45, 7) is 0. The molecule has 1 aliphatic carbocycles. The number of nitrogens with zero attached hydrogens (tertiary/aromatic N) is 1. The molecular weight excluding hydrogens is 393 g/mol. The first-order valence-electron chi connectivity index (χ1n) is 9.43. The highest BCUT2D eigenvalue weighted by Gasteiger charge is 2.40. The third kappa shape index (κ3) is 2.75. The molecule has 7 heteroatoms. The lowest BCUT2D eigenvalue weighted by Gasteiger charge is -2.31. The Hall–Kier alpha value is -3.12. The highest BCUT2D eigenvalue weighted by Crippen LogP contribution is 2.46. The largest absolute Gasteiger partial charge is 0.343 e. The predicted octanol–water partition coefficient (Wildman–Crippen LogP) is 4.52. The van der Waals surface area contributed by atoms with Gasteiger partial charge in [0.15, 0.2) is 5.78 Å². The molecule has 0 amide bonds. The molecule has 0 radical (unpaired) electrons. The maximum absolute atomic E-state index is 14.9. The molecule has 0 saturated carbocycles. The Bertz CT molecular complexity index is 1210. The van der Waals surface area contributed by atoms with E-state index in [1.54, 1.807) is 18.2 Å². The SMILES string of the molecule is O=C1CCCC2=C1C(c1c(F)cccc1Cl)c1c([nH]n(-c3ccccc3)c1=O)N2. The number of hydrogen-bond donors (Lipinski definition) is 2. The molecule has 0 saturated heterocycles. The number of carbonyl (C=O) groups is 1. The molecular formula is C22H17ClFN3O2. The number of aromatic amines is 1. The van der Waals surface area contributed by atoms with Crippen molar-refractivity contribution in [3.8, 4) is 5.69 Å². The summed E-state index contributed by atoms with van der Waals surface area (Å²) in [5.41, 5.74) is 1.93. The van der Waals surface area contributed by atoms with Gasteiger partial charge in [-0.1, -0.05) is 35.9 Å². The summed E-state index contributed by atoms with van der Waals surface area (Å²) < 4.78 is 16.3. The summed E-state index contributed by atoms with van der Waals surface area (Å²) in [4.78, 5) is 26.2. The standard InChI is InChI=1S/C22H17ClFN3O2/c23-13-8-4-9-14(24)17(13)19-18-15(10-5-11-16(18)28)25-21-20(19)22(29)27(26-21)12-6-2-1-3-7-12/h1-4,6-9,19,25-26H,5,10-11H2.